The van der Waals surface area contributed by atoms with Crippen molar-refractivity contribution in [1.29, 1.82) is 0 Å². The number of unbranched alkanes of at least 4 members (excludes halogenated alkanes) is 1. The Morgan fingerprint density at radius 1 is 1.10 bits per heavy atom. The van der Waals surface area contributed by atoms with Gasteiger partial charge in [-0.25, -0.2) is 13.1 Å². The summed E-state index contributed by atoms with van der Waals surface area (Å²) < 4.78 is 32.7. The number of benzene rings is 2. The highest BCUT2D eigenvalue weighted by Crippen LogP contribution is 2.30. The van der Waals surface area contributed by atoms with Crippen molar-refractivity contribution in [2.24, 2.45) is 0 Å². The van der Waals surface area contributed by atoms with Crippen LogP contribution in [0.5, 0.6) is 5.75 Å². The Hall–Kier alpha value is -1.59. The van der Waals surface area contributed by atoms with Crippen molar-refractivity contribution < 1.29 is 13.2 Å². The van der Waals surface area contributed by atoms with Crippen molar-refractivity contribution in [3.8, 4) is 5.75 Å². The molecular formula is C15H19NO3S. The molecule has 0 unspecified atom stereocenters. The number of fused-ring (bicyclic) bond motifs is 1. The summed E-state index contributed by atoms with van der Waals surface area (Å²) >= 11 is 0. The van der Waals surface area contributed by atoms with Gasteiger partial charge in [-0.15, -0.1) is 0 Å². The number of methoxy groups -OCH3 is 1. The molecule has 20 heavy (non-hydrogen) atoms. The van der Waals surface area contributed by atoms with Gasteiger partial charge in [0.05, 0.1) is 12.0 Å². The average Bonchev–Trinajstić information content (AvgIpc) is 2.46. The predicted octanol–water partition coefficient (Wildman–Crippen LogP) is 2.93. The summed E-state index contributed by atoms with van der Waals surface area (Å²) in [5.74, 6) is 0.674. The predicted molar refractivity (Wildman–Crippen MR) is 80.6 cm³/mol. The van der Waals surface area contributed by atoms with E-state index in [9.17, 15) is 8.42 Å². The molecule has 0 fully saturated rings. The second-order valence-corrected chi connectivity index (χ2v) is 6.30. The van der Waals surface area contributed by atoms with E-state index in [4.69, 9.17) is 4.74 Å². The number of hydrogen-bond donors (Lipinski definition) is 1. The fourth-order valence-electron chi connectivity index (χ4n) is 2.12. The van der Waals surface area contributed by atoms with Crippen LogP contribution in [0.25, 0.3) is 10.8 Å². The van der Waals surface area contributed by atoms with Crippen molar-refractivity contribution in [2.75, 3.05) is 13.7 Å². The zero-order valence-electron chi connectivity index (χ0n) is 11.7. The summed E-state index contributed by atoms with van der Waals surface area (Å²) in [6.45, 7) is 2.48. The van der Waals surface area contributed by atoms with Gasteiger partial charge in [-0.2, -0.15) is 0 Å². The fourth-order valence-corrected chi connectivity index (χ4v) is 3.40. The Kier molecular flexibility index (Phi) is 4.62. The largest absolute Gasteiger partial charge is 0.496 e. The summed E-state index contributed by atoms with van der Waals surface area (Å²) in [6.07, 6.45) is 1.78. The van der Waals surface area contributed by atoms with Crippen LogP contribution in [-0.2, 0) is 10.0 Å². The SMILES string of the molecule is CCCCNS(=O)(=O)c1ccc(OC)c2ccccc12. The van der Waals surface area contributed by atoms with Gasteiger partial charge in [0.15, 0.2) is 0 Å². The van der Waals surface area contributed by atoms with Gasteiger partial charge in [-0.05, 0) is 18.6 Å². The lowest BCUT2D eigenvalue weighted by molar-refractivity contribution is 0.419. The van der Waals surface area contributed by atoms with Crippen molar-refractivity contribution in [2.45, 2.75) is 24.7 Å². The lowest BCUT2D eigenvalue weighted by Gasteiger charge is -2.11. The van der Waals surface area contributed by atoms with Crippen LogP contribution in [0.15, 0.2) is 41.3 Å². The minimum absolute atomic E-state index is 0.296. The van der Waals surface area contributed by atoms with Gasteiger partial charge < -0.3 is 4.74 Å². The van der Waals surface area contributed by atoms with Gasteiger partial charge in [0.2, 0.25) is 10.0 Å². The molecule has 0 atom stereocenters. The van der Waals surface area contributed by atoms with Crippen LogP contribution in [0.4, 0.5) is 0 Å². The fraction of sp³-hybridized carbons (Fsp3) is 0.333. The highest BCUT2D eigenvalue weighted by molar-refractivity contribution is 7.89. The first-order valence-electron chi connectivity index (χ1n) is 6.65. The Balaban J connectivity index is 2.50. The molecule has 0 aliphatic carbocycles. The minimum Gasteiger partial charge on any atom is -0.496 e. The van der Waals surface area contributed by atoms with Crippen LogP contribution in [0.2, 0.25) is 0 Å². The van der Waals surface area contributed by atoms with E-state index in [0.717, 1.165) is 18.2 Å². The van der Waals surface area contributed by atoms with Gasteiger partial charge in [0.25, 0.3) is 0 Å². The van der Waals surface area contributed by atoms with Crippen molar-refractivity contribution >= 4 is 20.8 Å². The smallest absolute Gasteiger partial charge is 0.241 e. The number of ether oxygens (including phenoxy) is 1. The van der Waals surface area contributed by atoms with E-state index in [1.165, 1.54) is 0 Å². The first kappa shape index (κ1) is 14.8. The van der Waals surface area contributed by atoms with E-state index in [1.807, 2.05) is 25.1 Å². The third-order valence-electron chi connectivity index (χ3n) is 3.18. The average molecular weight is 293 g/mol. The third kappa shape index (κ3) is 2.94. The molecule has 0 spiro atoms. The molecule has 2 rings (SSSR count). The van der Waals surface area contributed by atoms with Gasteiger partial charge in [-0.3, -0.25) is 0 Å². The maximum Gasteiger partial charge on any atom is 0.241 e. The normalized spacial score (nSPS) is 11.7. The first-order valence-corrected chi connectivity index (χ1v) is 8.14. The minimum atomic E-state index is -3.49. The lowest BCUT2D eigenvalue weighted by atomic mass is 10.1. The van der Waals surface area contributed by atoms with E-state index in [1.54, 1.807) is 25.3 Å². The first-order chi connectivity index (χ1) is 9.60. The topological polar surface area (TPSA) is 55.4 Å². The molecule has 5 heteroatoms. The van der Waals surface area contributed by atoms with Crippen molar-refractivity contribution in [1.82, 2.24) is 4.72 Å². The van der Waals surface area contributed by atoms with Gasteiger partial charge >= 0.3 is 0 Å². The highest BCUT2D eigenvalue weighted by Gasteiger charge is 2.18. The Labute approximate surface area is 119 Å². The maximum atomic E-state index is 12.4. The molecule has 0 bridgehead atoms. The molecule has 108 valence electrons. The molecule has 0 heterocycles. The molecule has 0 radical (unpaired) electrons. The van der Waals surface area contributed by atoms with Gasteiger partial charge in [-0.1, -0.05) is 37.6 Å². The molecule has 1 N–H and O–H groups in total. The van der Waals surface area contributed by atoms with E-state index in [0.29, 0.717) is 22.6 Å². The zero-order chi connectivity index (χ0) is 14.6. The summed E-state index contributed by atoms with van der Waals surface area (Å²) in [5, 5.41) is 1.48. The van der Waals surface area contributed by atoms with Crippen LogP contribution in [0, 0.1) is 0 Å². The molecule has 0 saturated carbocycles. The molecule has 0 aliphatic heterocycles. The maximum absolute atomic E-state index is 12.4. The Morgan fingerprint density at radius 2 is 1.80 bits per heavy atom. The van der Waals surface area contributed by atoms with Crippen LogP contribution in [-0.4, -0.2) is 22.1 Å². The summed E-state index contributed by atoms with van der Waals surface area (Å²) in [5.41, 5.74) is 0. The van der Waals surface area contributed by atoms with Crippen molar-refractivity contribution in [3.63, 3.8) is 0 Å². The zero-order valence-corrected chi connectivity index (χ0v) is 12.5. The van der Waals surface area contributed by atoms with Crippen molar-refractivity contribution in [3.05, 3.63) is 36.4 Å². The Bertz CT molecular complexity index is 695. The molecule has 2 aromatic carbocycles. The Morgan fingerprint density at radius 3 is 2.45 bits per heavy atom. The molecule has 0 amide bonds. The molecule has 0 aliphatic rings. The molecule has 0 saturated heterocycles. The molecule has 2 aromatic rings. The second-order valence-electron chi connectivity index (χ2n) is 4.56. The van der Waals surface area contributed by atoms with Crippen LogP contribution >= 0.6 is 0 Å². The third-order valence-corrected chi connectivity index (χ3v) is 4.70. The highest BCUT2D eigenvalue weighted by atomic mass is 32.2. The van der Waals surface area contributed by atoms with Gasteiger partial charge in [0, 0.05) is 17.3 Å². The number of rotatable bonds is 6. The van der Waals surface area contributed by atoms with E-state index in [2.05, 4.69) is 4.72 Å². The van der Waals surface area contributed by atoms with E-state index >= 15 is 0 Å². The lowest BCUT2D eigenvalue weighted by Crippen LogP contribution is -2.24. The molecule has 4 nitrogen and oxygen atoms in total. The van der Waals surface area contributed by atoms with Crippen LogP contribution in [0.1, 0.15) is 19.8 Å². The number of hydrogen-bond acceptors (Lipinski definition) is 3. The van der Waals surface area contributed by atoms with E-state index in [-0.39, 0.29) is 0 Å². The summed E-state index contributed by atoms with van der Waals surface area (Å²) in [7, 11) is -1.91. The number of sulfonamides is 1. The number of nitrogens with one attached hydrogen (secondary N) is 1. The molecular weight excluding hydrogens is 274 g/mol. The monoisotopic (exact) mass is 293 g/mol. The molecule has 0 aromatic heterocycles. The summed E-state index contributed by atoms with van der Waals surface area (Å²) in [6, 6.07) is 10.6. The standard InChI is InChI=1S/C15H19NO3S/c1-3-4-11-16-20(17,18)15-10-9-14(19-2)12-7-5-6-8-13(12)15/h5-10,16H,3-4,11H2,1-2H3. The van der Waals surface area contributed by atoms with Crippen LogP contribution in [0.3, 0.4) is 0 Å². The van der Waals surface area contributed by atoms with E-state index < -0.39 is 10.0 Å². The second kappa shape index (κ2) is 6.24. The van der Waals surface area contributed by atoms with Crippen LogP contribution < -0.4 is 9.46 Å². The van der Waals surface area contributed by atoms with Gasteiger partial charge in [0.1, 0.15) is 5.75 Å². The quantitative estimate of drug-likeness (QED) is 0.833. The summed E-state index contributed by atoms with van der Waals surface area (Å²) in [4.78, 5) is 0.296.